The van der Waals surface area contributed by atoms with Gasteiger partial charge in [-0.25, -0.2) is 13.8 Å². The Kier molecular flexibility index (Phi) is 4.81. The fourth-order valence-electron chi connectivity index (χ4n) is 3.34. The first-order chi connectivity index (χ1) is 13.8. The van der Waals surface area contributed by atoms with E-state index in [1.165, 1.54) is 16.9 Å². The maximum absolute atomic E-state index is 13.1. The summed E-state index contributed by atoms with van der Waals surface area (Å²) >= 11 is 0. The molecule has 1 amide bonds. The van der Waals surface area contributed by atoms with Crippen molar-refractivity contribution >= 4 is 17.8 Å². The molecular formula is C20H20F2N6O. The van der Waals surface area contributed by atoms with Crippen LogP contribution in [0.15, 0.2) is 30.2 Å². The highest BCUT2D eigenvalue weighted by Gasteiger charge is 2.30. The van der Waals surface area contributed by atoms with Crippen molar-refractivity contribution in [1.82, 2.24) is 29.5 Å². The number of hydrogen-bond acceptors (Lipinski definition) is 5. The minimum Gasteiger partial charge on any atom is -0.338 e. The molecule has 7 nitrogen and oxygen atoms in total. The smallest absolute Gasteiger partial charge is 0.280 e. The molecule has 9 heteroatoms. The van der Waals surface area contributed by atoms with Crippen LogP contribution in [-0.2, 0) is 0 Å². The quantitative estimate of drug-likeness (QED) is 0.673. The standard InChI is InChI=1S/C20H20F2N6O/c1-11-4-14(9-23-12(11)2)19(29)27(3)15-5-13(6-15)7-16-8-17(18(21)22)26-20-24-10-25-28(16)20/h4,7-10,15,18H,5-6H2,1-3H3. The topological polar surface area (TPSA) is 76.3 Å². The summed E-state index contributed by atoms with van der Waals surface area (Å²) in [6, 6.07) is 3.22. The molecule has 4 rings (SSSR count). The van der Waals surface area contributed by atoms with E-state index in [0.717, 1.165) is 16.8 Å². The van der Waals surface area contributed by atoms with E-state index in [1.807, 2.05) is 26.0 Å². The molecule has 29 heavy (non-hydrogen) atoms. The number of carbonyl (C=O) groups is 1. The molecule has 150 valence electrons. The van der Waals surface area contributed by atoms with Gasteiger partial charge >= 0.3 is 0 Å². The third kappa shape index (κ3) is 3.59. The van der Waals surface area contributed by atoms with E-state index in [0.29, 0.717) is 24.1 Å². The van der Waals surface area contributed by atoms with Gasteiger partial charge < -0.3 is 4.90 Å². The van der Waals surface area contributed by atoms with Crippen LogP contribution >= 0.6 is 0 Å². The Hall–Kier alpha value is -3.23. The van der Waals surface area contributed by atoms with Crippen molar-refractivity contribution in [2.24, 2.45) is 0 Å². The predicted octanol–water partition coefficient (Wildman–Crippen LogP) is 3.39. The third-order valence-electron chi connectivity index (χ3n) is 5.33. The molecule has 3 aromatic heterocycles. The summed E-state index contributed by atoms with van der Waals surface area (Å²) in [5, 5.41) is 4.05. The van der Waals surface area contributed by atoms with Crippen molar-refractivity contribution in [2.75, 3.05) is 7.05 Å². The number of aryl methyl sites for hydroxylation is 2. The molecule has 3 heterocycles. The number of aromatic nitrogens is 5. The fourth-order valence-corrected chi connectivity index (χ4v) is 3.34. The van der Waals surface area contributed by atoms with Crippen LogP contribution in [0.5, 0.6) is 0 Å². The minimum atomic E-state index is -2.68. The van der Waals surface area contributed by atoms with E-state index in [9.17, 15) is 13.6 Å². The average Bonchev–Trinajstić information content (AvgIpc) is 3.14. The van der Waals surface area contributed by atoms with Crippen LogP contribution in [0.3, 0.4) is 0 Å². The molecule has 0 aromatic carbocycles. The SMILES string of the molecule is Cc1cc(C(=O)N(C)C2CC(=Cc3cc(C(F)F)nc4ncnn34)C2)cnc1C. The summed E-state index contributed by atoms with van der Waals surface area (Å²) < 4.78 is 27.6. The van der Waals surface area contributed by atoms with Crippen LogP contribution in [0.25, 0.3) is 11.9 Å². The van der Waals surface area contributed by atoms with E-state index in [1.54, 1.807) is 18.1 Å². The summed E-state index contributed by atoms with van der Waals surface area (Å²) in [5.41, 5.74) is 3.66. The Bertz CT molecular complexity index is 1120. The van der Waals surface area contributed by atoms with Crippen molar-refractivity contribution in [3.8, 4) is 0 Å². The lowest BCUT2D eigenvalue weighted by atomic mass is 9.84. The molecule has 1 fully saturated rings. The number of fused-ring (bicyclic) bond motifs is 1. The van der Waals surface area contributed by atoms with Gasteiger partial charge in [0.25, 0.3) is 18.1 Å². The number of halogens is 2. The first kappa shape index (κ1) is 19.1. The van der Waals surface area contributed by atoms with Crippen LogP contribution in [-0.4, -0.2) is 48.5 Å². The highest BCUT2D eigenvalue weighted by molar-refractivity contribution is 5.94. The number of amides is 1. The maximum Gasteiger partial charge on any atom is 0.280 e. The zero-order chi connectivity index (χ0) is 20.7. The van der Waals surface area contributed by atoms with Crippen molar-refractivity contribution in [3.05, 3.63) is 58.4 Å². The Morgan fingerprint density at radius 2 is 2.03 bits per heavy atom. The Balaban J connectivity index is 1.50. The molecule has 1 aliphatic carbocycles. The first-order valence-corrected chi connectivity index (χ1v) is 9.22. The fraction of sp³-hybridized carbons (Fsp3) is 0.350. The number of alkyl halides is 2. The molecule has 0 unspecified atom stereocenters. The Morgan fingerprint density at radius 3 is 2.72 bits per heavy atom. The molecule has 1 saturated carbocycles. The van der Waals surface area contributed by atoms with Gasteiger partial charge in [0.05, 0.1) is 11.3 Å². The van der Waals surface area contributed by atoms with Gasteiger partial charge in [0.1, 0.15) is 12.0 Å². The van der Waals surface area contributed by atoms with Crippen molar-refractivity contribution in [1.29, 1.82) is 0 Å². The van der Waals surface area contributed by atoms with Crippen LogP contribution in [0, 0.1) is 13.8 Å². The molecule has 0 aliphatic heterocycles. The molecule has 0 saturated heterocycles. The lowest BCUT2D eigenvalue weighted by Crippen LogP contribution is -2.42. The lowest BCUT2D eigenvalue weighted by molar-refractivity contribution is 0.0698. The molecule has 0 spiro atoms. The number of rotatable bonds is 4. The number of pyridine rings is 1. The van der Waals surface area contributed by atoms with Gasteiger partial charge in [0.2, 0.25) is 0 Å². The summed E-state index contributed by atoms with van der Waals surface area (Å²) in [7, 11) is 1.77. The molecule has 0 N–H and O–H groups in total. The third-order valence-corrected chi connectivity index (χ3v) is 5.33. The molecule has 1 aliphatic rings. The Morgan fingerprint density at radius 1 is 1.28 bits per heavy atom. The van der Waals surface area contributed by atoms with Gasteiger partial charge in [-0.1, -0.05) is 5.57 Å². The highest BCUT2D eigenvalue weighted by Crippen LogP contribution is 2.33. The molecule has 3 aromatic rings. The van der Waals surface area contributed by atoms with Crippen molar-refractivity contribution in [2.45, 2.75) is 39.2 Å². The van der Waals surface area contributed by atoms with Gasteiger partial charge in [0.15, 0.2) is 0 Å². The predicted molar refractivity (Wildman–Crippen MR) is 103 cm³/mol. The van der Waals surface area contributed by atoms with Gasteiger partial charge in [-0.15, -0.1) is 0 Å². The van der Waals surface area contributed by atoms with Crippen LogP contribution in [0.4, 0.5) is 8.78 Å². The van der Waals surface area contributed by atoms with E-state index in [2.05, 4.69) is 20.1 Å². The molecule has 0 radical (unpaired) electrons. The van der Waals surface area contributed by atoms with Crippen molar-refractivity contribution in [3.63, 3.8) is 0 Å². The molecule has 0 bridgehead atoms. The second-order valence-electron chi connectivity index (χ2n) is 7.29. The van der Waals surface area contributed by atoms with E-state index in [-0.39, 0.29) is 23.4 Å². The second kappa shape index (κ2) is 7.31. The van der Waals surface area contributed by atoms with Crippen molar-refractivity contribution < 1.29 is 13.6 Å². The molecule has 0 atom stereocenters. The number of nitrogens with zero attached hydrogens (tertiary/aromatic N) is 6. The zero-order valence-corrected chi connectivity index (χ0v) is 16.3. The van der Waals surface area contributed by atoms with E-state index >= 15 is 0 Å². The lowest BCUT2D eigenvalue weighted by Gasteiger charge is -2.37. The second-order valence-corrected chi connectivity index (χ2v) is 7.29. The monoisotopic (exact) mass is 398 g/mol. The average molecular weight is 398 g/mol. The zero-order valence-electron chi connectivity index (χ0n) is 16.3. The van der Waals surface area contributed by atoms with Crippen LogP contribution in [0.2, 0.25) is 0 Å². The van der Waals surface area contributed by atoms with Gasteiger partial charge in [-0.05, 0) is 50.5 Å². The Labute approximate surface area is 166 Å². The van der Waals surface area contributed by atoms with Gasteiger partial charge in [0, 0.05) is 25.0 Å². The summed E-state index contributed by atoms with van der Waals surface area (Å²) in [6.07, 6.45) is 3.36. The minimum absolute atomic E-state index is 0.0537. The van der Waals surface area contributed by atoms with Gasteiger partial charge in [-0.2, -0.15) is 14.6 Å². The van der Waals surface area contributed by atoms with Gasteiger partial charge in [-0.3, -0.25) is 9.78 Å². The van der Waals surface area contributed by atoms with E-state index in [4.69, 9.17) is 0 Å². The first-order valence-electron chi connectivity index (χ1n) is 9.22. The highest BCUT2D eigenvalue weighted by atomic mass is 19.3. The van der Waals surface area contributed by atoms with Crippen LogP contribution in [0.1, 0.15) is 52.3 Å². The normalized spacial score (nSPS) is 16.2. The summed E-state index contributed by atoms with van der Waals surface area (Å²) in [6.45, 7) is 3.83. The largest absolute Gasteiger partial charge is 0.338 e. The maximum atomic E-state index is 13.1. The number of hydrogen-bond donors (Lipinski definition) is 0. The van der Waals surface area contributed by atoms with Crippen LogP contribution < -0.4 is 0 Å². The number of carbonyl (C=O) groups excluding carboxylic acids is 1. The summed E-state index contributed by atoms with van der Waals surface area (Å²) in [4.78, 5) is 26.4. The molecular weight excluding hydrogens is 378 g/mol. The van der Waals surface area contributed by atoms with E-state index < -0.39 is 6.43 Å². The summed E-state index contributed by atoms with van der Waals surface area (Å²) in [5.74, 6) is 0.0623.